The first-order valence-corrected chi connectivity index (χ1v) is 12.7. The fourth-order valence-electron chi connectivity index (χ4n) is 5.53. The number of hydrogen-bond donors (Lipinski definition) is 2. The minimum absolute atomic E-state index is 0.0546. The van der Waals surface area contributed by atoms with Crippen LogP contribution in [0.15, 0.2) is 59.5 Å². The van der Waals surface area contributed by atoms with Crippen molar-refractivity contribution in [3.05, 3.63) is 82.7 Å². The first-order valence-electron chi connectivity index (χ1n) is 11.8. The van der Waals surface area contributed by atoms with Gasteiger partial charge in [0.05, 0.1) is 5.56 Å². The van der Waals surface area contributed by atoms with Crippen LogP contribution in [0, 0.1) is 24.1 Å². The van der Waals surface area contributed by atoms with Crippen LogP contribution in [0.25, 0.3) is 11.1 Å². The lowest BCUT2D eigenvalue weighted by Crippen LogP contribution is -2.41. The van der Waals surface area contributed by atoms with Crippen LogP contribution in [0.2, 0.25) is 0 Å². The van der Waals surface area contributed by atoms with Crippen molar-refractivity contribution >= 4 is 23.7 Å². The number of fused-ring (bicyclic) bond motifs is 2. The highest BCUT2D eigenvalue weighted by atomic mass is 32.2. The molecule has 5 nitrogen and oxygen atoms in total. The number of hydrogen-bond acceptors (Lipinski definition) is 4. The fraction of sp³-hybridized carbons (Fsp3) is 0.286. The summed E-state index contributed by atoms with van der Waals surface area (Å²) in [5.74, 6) is -0.511. The number of rotatable bonds is 4. The number of nitriles is 1. The highest BCUT2D eigenvalue weighted by Crippen LogP contribution is 2.51. The summed E-state index contributed by atoms with van der Waals surface area (Å²) in [7, 11) is 0. The summed E-state index contributed by atoms with van der Waals surface area (Å²) >= 11 is 1.20. The van der Waals surface area contributed by atoms with Gasteiger partial charge in [-0.15, -0.1) is 0 Å². The number of halogens is 1. The molecule has 0 aromatic heterocycles. The Bertz CT molecular complexity index is 1330. The predicted octanol–water partition coefficient (Wildman–Crippen LogP) is 6.18. The SMILES string of the molecule is Cc1cc(C#N)c(F)cc1-c1ccc2c(c1)C1(CCCC1)CN2C(=O)NCc1ccc(SN)cc1. The van der Waals surface area contributed by atoms with Crippen molar-refractivity contribution in [3.63, 3.8) is 0 Å². The van der Waals surface area contributed by atoms with Crippen LogP contribution >= 0.6 is 11.9 Å². The lowest BCUT2D eigenvalue weighted by atomic mass is 9.79. The molecule has 0 radical (unpaired) electrons. The molecular weight excluding hydrogens is 459 g/mol. The third-order valence-corrected chi connectivity index (χ3v) is 7.92. The van der Waals surface area contributed by atoms with E-state index in [4.69, 9.17) is 10.4 Å². The van der Waals surface area contributed by atoms with Crippen LogP contribution in [0.4, 0.5) is 14.9 Å². The van der Waals surface area contributed by atoms with E-state index in [1.165, 1.54) is 18.0 Å². The van der Waals surface area contributed by atoms with Crippen molar-refractivity contribution < 1.29 is 9.18 Å². The number of nitrogens with zero attached hydrogens (tertiary/aromatic N) is 2. The Morgan fingerprint density at radius 1 is 1.17 bits per heavy atom. The Labute approximate surface area is 209 Å². The molecule has 1 spiro atoms. The lowest BCUT2D eigenvalue weighted by Gasteiger charge is -2.25. The molecule has 1 saturated carbocycles. The van der Waals surface area contributed by atoms with E-state index in [2.05, 4.69) is 11.4 Å². The van der Waals surface area contributed by atoms with Crippen LogP contribution in [0.1, 0.15) is 47.9 Å². The number of nitrogens with two attached hydrogens (primary N) is 1. The van der Waals surface area contributed by atoms with Gasteiger partial charge in [-0.25, -0.2) is 9.18 Å². The van der Waals surface area contributed by atoms with Gasteiger partial charge in [-0.3, -0.25) is 10.0 Å². The average molecular weight is 487 g/mol. The summed E-state index contributed by atoms with van der Waals surface area (Å²) < 4.78 is 14.4. The smallest absolute Gasteiger partial charge is 0.322 e. The quantitative estimate of drug-likeness (QED) is 0.432. The van der Waals surface area contributed by atoms with E-state index in [1.54, 1.807) is 6.07 Å². The van der Waals surface area contributed by atoms with Crippen LogP contribution < -0.4 is 15.4 Å². The van der Waals surface area contributed by atoms with E-state index >= 15 is 0 Å². The molecule has 3 aromatic rings. The molecule has 0 saturated heterocycles. The topological polar surface area (TPSA) is 82.2 Å². The van der Waals surface area contributed by atoms with Gasteiger partial charge >= 0.3 is 6.03 Å². The first kappa shape index (κ1) is 23.4. The van der Waals surface area contributed by atoms with Crippen LogP contribution in [0.5, 0.6) is 0 Å². The zero-order chi connectivity index (χ0) is 24.6. The summed E-state index contributed by atoms with van der Waals surface area (Å²) in [6.45, 7) is 2.99. The number of benzene rings is 3. The molecule has 0 bridgehead atoms. The van der Waals surface area contributed by atoms with Gasteiger partial charge in [-0.1, -0.05) is 31.0 Å². The van der Waals surface area contributed by atoms with Crippen molar-refractivity contribution in [3.8, 4) is 17.2 Å². The first-order chi connectivity index (χ1) is 16.9. The number of carbonyl (C=O) groups excluding carboxylic acids is 1. The van der Waals surface area contributed by atoms with Gasteiger partial charge < -0.3 is 5.32 Å². The maximum atomic E-state index is 14.4. The standard InChI is InChI=1S/C28H27FN4OS/c1-18-12-21(15-30)25(29)14-23(18)20-6-9-26-24(13-20)28(10-2-3-11-28)17-33(26)27(34)32-16-19-4-7-22(35-31)8-5-19/h4-9,12-14H,2-3,10-11,16-17,31H2,1H3,(H,32,34). The summed E-state index contributed by atoms with van der Waals surface area (Å²) in [6.07, 6.45) is 4.34. The van der Waals surface area contributed by atoms with Gasteiger partial charge in [0.15, 0.2) is 0 Å². The van der Waals surface area contributed by atoms with Crippen LogP contribution in [0.3, 0.4) is 0 Å². The molecule has 178 valence electrons. The molecule has 3 N–H and O–H groups in total. The van der Waals surface area contributed by atoms with Crippen LogP contribution in [-0.2, 0) is 12.0 Å². The Kier molecular flexibility index (Phi) is 6.26. The van der Waals surface area contributed by atoms with Crippen molar-refractivity contribution in [1.82, 2.24) is 5.32 Å². The zero-order valence-electron chi connectivity index (χ0n) is 19.6. The second-order valence-electron chi connectivity index (χ2n) is 9.48. The number of nitrogens with one attached hydrogen (secondary N) is 1. The number of carbonyl (C=O) groups is 1. The van der Waals surface area contributed by atoms with Crippen LogP contribution in [-0.4, -0.2) is 12.6 Å². The summed E-state index contributed by atoms with van der Waals surface area (Å²) in [5.41, 5.74) is 5.64. The van der Waals surface area contributed by atoms with Gasteiger partial charge in [0.25, 0.3) is 0 Å². The molecule has 5 rings (SSSR count). The van der Waals surface area contributed by atoms with Gasteiger partial charge in [0, 0.05) is 29.1 Å². The van der Waals surface area contributed by atoms with Gasteiger partial charge in [0.2, 0.25) is 0 Å². The van der Waals surface area contributed by atoms with Gasteiger partial charge in [0.1, 0.15) is 11.9 Å². The minimum Gasteiger partial charge on any atom is -0.334 e. The van der Waals surface area contributed by atoms with Crippen molar-refractivity contribution in [2.24, 2.45) is 5.14 Å². The molecule has 0 atom stereocenters. The monoisotopic (exact) mass is 486 g/mol. The number of anilines is 1. The Morgan fingerprint density at radius 2 is 1.91 bits per heavy atom. The van der Waals surface area contributed by atoms with E-state index < -0.39 is 5.82 Å². The maximum Gasteiger partial charge on any atom is 0.322 e. The molecule has 0 unspecified atom stereocenters. The van der Waals surface area contributed by atoms with Crippen molar-refractivity contribution in [2.75, 3.05) is 11.4 Å². The van der Waals surface area contributed by atoms with Gasteiger partial charge in [-0.2, -0.15) is 5.26 Å². The largest absolute Gasteiger partial charge is 0.334 e. The van der Waals surface area contributed by atoms with Crippen molar-refractivity contribution in [2.45, 2.75) is 49.5 Å². The molecule has 1 fully saturated rings. The van der Waals surface area contributed by atoms with E-state index in [-0.39, 0.29) is 17.0 Å². The zero-order valence-corrected chi connectivity index (χ0v) is 20.4. The minimum atomic E-state index is -0.511. The van der Waals surface area contributed by atoms with E-state index in [1.807, 2.05) is 54.3 Å². The second-order valence-corrected chi connectivity index (χ2v) is 10.2. The van der Waals surface area contributed by atoms with E-state index in [9.17, 15) is 9.18 Å². The Balaban J connectivity index is 1.44. The molecule has 7 heteroatoms. The number of urea groups is 1. The number of amides is 2. The van der Waals surface area contributed by atoms with Gasteiger partial charge in [-0.05, 0) is 95.9 Å². The normalized spacial score (nSPS) is 15.8. The van der Waals surface area contributed by atoms with E-state index in [0.29, 0.717) is 13.1 Å². The third-order valence-electron chi connectivity index (χ3n) is 7.37. The Morgan fingerprint density at radius 3 is 2.60 bits per heavy atom. The Hall–Kier alpha value is -3.34. The van der Waals surface area contributed by atoms with Crippen molar-refractivity contribution in [1.29, 1.82) is 5.26 Å². The average Bonchev–Trinajstić information content (AvgIpc) is 3.49. The number of aryl methyl sites for hydroxylation is 1. The highest BCUT2D eigenvalue weighted by molar-refractivity contribution is 7.97. The molecule has 35 heavy (non-hydrogen) atoms. The molecular formula is C28H27FN4OS. The van der Waals surface area contributed by atoms with E-state index in [0.717, 1.165) is 64.1 Å². The molecule has 1 heterocycles. The molecule has 3 aromatic carbocycles. The maximum absolute atomic E-state index is 14.4. The highest BCUT2D eigenvalue weighted by Gasteiger charge is 2.46. The summed E-state index contributed by atoms with van der Waals surface area (Å²) in [5, 5.41) is 17.8. The molecule has 1 aliphatic carbocycles. The molecule has 2 amide bonds. The summed E-state index contributed by atoms with van der Waals surface area (Å²) in [4.78, 5) is 16.1. The lowest BCUT2D eigenvalue weighted by molar-refractivity contribution is 0.245. The predicted molar refractivity (Wildman–Crippen MR) is 138 cm³/mol. The second kappa shape index (κ2) is 9.37. The molecule has 2 aliphatic rings. The summed E-state index contributed by atoms with van der Waals surface area (Å²) in [6, 6.07) is 18.7. The fourth-order valence-corrected chi connectivity index (χ4v) is 5.83. The third kappa shape index (κ3) is 4.29. The molecule has 1 aliphatic heterocycles.